The second-order valence-corrected chi connectivity index (χ2v) is 7.32. The summed E-state index contributed by atoms with van der Waals surface area (Å²) < 4.78 is 5.38. The Bertz CT molecular complexity index is 635. The summed E-state index contributed by atoms with van der Waals surface area (Å²) in [6.45, 7) is 8.34. The van der Waals surface area contributed by atoms with Crippen LogP contribution in [0.1, 0.15) is 43.2 Å². The molecule has 0 atom stereocenters. The normalized spacial score (nSPS) is 14.4. The Balaban J connectivity index is 0.000000200. The van der Waals surface area contributed by atoms with E-state index in [2.05, 4.69) is 65.7 Å². The molecule has 0 amide bonds. The van der Waals surface area contributed by atoms with Crippen LogP contribution in [0, 0.1) is 0 Å². The van der Waals surface area contributed by atoms with Crippen LogP contribution in [0.4, 0.5) is 0 Å². The third-order valence-electron chi connectivity index (χ3n) is 5.15. The molecule has 154 valence electrons. The Kier molecular flexibility index (Phi) is 10.7. The molecule has 3 N–H and O–H groups in total. The molecule has 3 rings (SSSR count). The minimum atomic E-state index is 0.674. The summed E-state index contributed by atoms with van der Waals surface area (Å²) in [6, 6.07) is 18.9. The molecular weight excluding hydrogens is 346 g/mol. The van der Waals surface area contributed by atoms with Crippen LogP contribution >= 0.6 is 0 Å². The summed E-state index contributed by atoms with van der Waals surface area (Å²) in [5.41, 5.74) is 8.31. The molecule has 28 heavy (non-hydrogen) atoms. The van der Waals surface area contributed by atoms with Gasteiger partial charge in [0.2, 0.25) is 0 Å². The molecule has 1 heterocycles. The fraction of sp³-hybridized carbons (Fsp3) is 0.500. The van der Waals surface area contributed by atoms with Crippen LogP contribution in [0.2, 0.25) is 0 Å². The number of methoxy groups -OCH3 is 1. The highest BCUT2D eigenvalue weighted by molar-refractivity contribution is 5.36. The molecule has 2 aromatic carbocycles. The highest BCUT2D eigenvalue weighted by atomic mass is 16.5. The van der Waals surface area contributed by atoms with E-state index in [4.69, 9.17) is 10.5 Å². The third-order valence-corrected chi connectivity index (χ3v) is 5.15. The van der Waals surface area contributed by atoms with E-state index in [9.17, 15) is 0 Å². The molecule has 0 radical (unpaired) electrons. The smallest absolute Gasteiger partial charge is 0.122 e. The summed E-state index contributed by atoms with van der Waals surface area (Å²) in [4.78, 5) is 2.40. The molecule has 1 aliphatic heterocycles. The molecule has 0 bridgehead atoms. The van der Waals surface area contributed by atoms with Crippen molar-refractivity contribution in [3.8, 4) is 5.75 Å². The Morgan fingerprint density at radius 3 is 2.32 bits per heavy atom. The number of benzene rings is 2. The van der Waals surface area contributed by atoms with Crippen LogP contribution < -0.4 is 15.8 Å². The standard InChI is InChI=1S/C12H20N2.C12H17NO/c1-2-9-14(10-8-13)11-12-6-4-3-5-7-12;1-14-12-5-3-2-4-11(12)10-6-8-13-9-7-10/h3-7H,2,8-11,13H2,1H3;2-5,10,13H,6-9H2,1H3. The predicted octanol–water partition coefficient (Wildman–Crippen LogP) is 4.02. The van der Waals surface area contributed by atoms with Gasteiger partial charge < -0.3 is 15.8 Å². The van der Waals surface area contributed by atoms with Crippen LogP contribution in [-0.2, 0) is 6.54 Å². The number of ether oxygens (including phenoxy) is 1. The Hall–Kier alpha value is -1.88. The van der Waals surface area contributed by atoms with Gasteiger partial charge in [-0.05, 0) is 62.0 Å². The van der Waals surface area contributed by atoms with Crippen molar-refractivity contribution in [2.24, 2.45) is 5.73 Å². The van der Waals surface area contributed by atoms with Gasteiger partial charge in [-0.2, -0.15) is 0 Å². The number of hydrogen-bond acceptors (Lipinski definition) is 4. The number of piperidine rings is 1. The lowest BCUT2D eigenvalue weighted by molar-refractivity contribution is 0.273. The molecule has 0 spiro atoms. The summed E-state index contributed by atoms with van der Waals surface area (Å²) in [5, 5.41) is 3.38. The monoisotopic (exact) mass is 383 g/mol. The van der Waals surface area contributed by atoms with Gasteiger partial charge in [0.05, 0.1) is 7.11 Å². The SMILES string of the molecule is CCCN(CCN)Cc1ccccc1.COc1ccccc1C1CCNCC1. The van der Waals surface area contributed by atoms with Gasteiger partial charge in [-0.3, -0.25) is 4.90 Å². The molecule has 2 aromatic rings. The van der Waals surface area contributed by atoms with Crippen molar-refractivity contribution in [3.63, 3.8) is 0 Å². The Morgan fingerprint density at radius 1 is 1.00 bits per heavy atom. The summed E-state index contributed by atoms with van der Waals surface area (Å²) in [6.07, 6.45) is 3.63. The topological polar surface area (TPSA) is 50.5 Å². The first-order valence-electron chi connectivity index (χ1n) is 10.6. The van der Waals surface area contributed by atoms with E-state index in [1.165, 1.54) is 30.4 Å². The van der Waals surface area contributed by atoms with E-state index < -0.39 is 0 Å². The van der Waals surface area contributed by atoms with Gasteiger partial charge >= 0.3 is 0 Å². The van der Waals surface area contributed by atoms with Gasteiger partial charge in [0.25, 0.3) is 0 Å². The van der Waals surface area contributed by atoms with Gasteiger partial charge in [-0.1, -0.05) is 55.5 Å². The predicted molar refractivity (Wildman–Crippen MR) is 119 cm³/mol. The first-order valence-corrected chi connectivity index (χ1v) is 10.6. The Labute approximate surface area is 171 Å². The molecule has 0 unspecified atom stereocenters. The number of para-hydroxylation sites is 1. The quantitative estimate of drug-likeness (QED) is 0.723. The van der Waals surface area contributed by atoms with E-state index in [1.54, 1.807) is 7.11 Å². The average Bonchev–Trinajstić information content (AvgIpc) is 2.76. The van der Waals surface area contributed by atoms with Gasteiger partial charge in [0, 0.05) is 19.6 Å². The van der Waals surface area contributed by atoms with Crippen LogP contribution in [0.3, 0.4) is 0 Å². The number of hydrogen-bond donors (Lipinski definition) is 2. The first kappa shape index (κ1) is 22.4. The molecule has 4 nitrogen and oxygen atoms in total. The van der Waals surface area contributed by atoms with Gasteiger partial charge in [-0.25, -0.2) is 0 Å². The minimum Gasteiger partial charge on any atom is -0.496 e. The van der Waals surface area contributed by atoms with Crippen molar-refractivity contribution in [2.45, 2.75) is 38.6 Å². The lowest BCUT2D eigenvalue weighted by Gasteiger charge is -2.24. The highest BCUT2D eigenvalue weighted by Gasteiger charge is 2.17. The molecule has 0 aromatic heterocycles. The fourth-order valence-electron chi connectivity index (χ4n) is 3.75. The summed E-state index contributed by atoms with van der Waals surface area (Å²) in [5.74, 6) is 1.71. The van der Waals surface area contributed by atoms with Gasteiger partial charge in [0.1, 0.15) is 5.75 Å². The van der Waals surface area contributed by atoms with E-state index >= 15 is 0 Å². The maximum atomic E-state index is 5.57. The zero-order valence-corrected chi connectivity index (χ0v) is 17.6. The lowest BCUT2D eigenvalue weighted by Crippen LogP contribution is -2.29. The average molecular weight is 384 g/mol. The van der Waals surface area contributed by atoms with E-state index in [0.717, 1.165) is 45.0 Å². The zero-order chi connectivity index (χ0) is 20.0. The van der Waals surface area contributed by atoms with E-state index in [1.807, 2.05) is 6.07 Å². The van der Waals surface area contributed by atoms with Crippen molar-refractivity contribution in [3.05, 3.63) is 65.7 Å². The van der Waals surface area contributed by atoms with Crippen molar-refractivity contribution < 1.29 is 4.74 Å². The number of nitrogens with two attached hydrogens (primary N) is 1. The summed E-state index contributed by atoms with van der Waals surface area (Å²) in [7, 11) is 1.75. The van der Waals surface area contributed by atoms with Crippen LogP contribution in [0.5, 0.6) is 5.75 Å². The number of rotatable bonds is 8. The van der Waals surface area contributed by atoms with Crippen LogP contribution in [-0.4, -0.2) is 44.7 Å². The maximum absolute atomic E-state index is 5.57. The van der Waals surface area contributed by atoms with Crippen molar-refractivity contribution in [1.29, 1.82) is 0 Å². The first-order chi connectivity index (χ1) is 13.8. The number of nitrogens with zero attached hydrogens (tertiary/aromatic N) is 1. The minimum absolute atomic E-state index is 0.674. The maximum Gasteiger partial charge on any atom is 0.122 e. The largest absolute Gasteiger partial charge is 0.496 e. The second-order valence-electron chi connectivity index (χ2n) is 7.32. The lowest BCUT2D eigenvalue weighted by atomic mass is 9.90. The van der Waals surface area contributed by atoms with Gasteiger partial charge in [0.15, 0.2) is 0 Å². The molecule has 1 fully saturated rings. The molecule has 1 saturated heterocycles. The summed E-state index contributed by atoms with van der Waals surface area (Å²) >= 11 is 0. The molecule has 0 aliphatic carbocycles. The fourth-order valence-corrected chi connectivity index (χ4v) is 3.75. The van der Waals surface area contributed by atoms with Crippen LogP contribution in [0.25, 0.3) is 0 Å². The molecule has 0 saturated carbocycles. The van der Waals surface area contributed by atoms with Crippen LogP contribution in [0.15, 0.2) is 54.6 Å². The second kappa shape index (κ2) is 13.3. The molecular formula is C24H37N3O. The van der Waals surface area contributed by atoms with Gasteiger partial charge in [-0.15, -0.1) is 0 Å². The van der Waals surface area contributed by atoms with Crippen molar-refractivity contribution in [2.75, 3.05) is 39.8 Å². The number of nitrogens with one attached hydrogen (secondary N) is 1. The molecule has 4 heteroatoms. The van der Waals surface area contributed by atoms with Crippen molar-refractivity contribution >= 4 is 0 Å². The molecule has 1 aliphatic rings. The van der Waals surface area contributed by atoms with E-state index in [0.29, 0.717) is 5.92 Å². The zero-order valence-electron chi connectivity index (χ0n) is 17.6. The van der Waals surface area contributed by atoms with E-state index in [-0.39, 0.29) is 0 Å². The highest BCUT2D eigenvalue weighted by Crippen LogP contribution is 2.31. The third kappa shape index (κ3) is 7.63. The Morgan fingerprint density at radius 2 is 1.68 bits per heavy atom. The van der Waals surface area contributed by atoms with Crippen molar-refractivity contribution in [1.82, 2.24) is 10.2 Å².